The van der Waals surface area contributed by atoms with Crippen LogP contribution >= 0.6 is 0 Å². The van der Waals surface area contributed by atoms with Crippen molar-refractivity contribution in [2.75, 3.05) is 13.1 Å². The highest BCUT2D eigenvalue weighted by atomic mass is 16.2. The molecule has 146 valence electrons. The zero-order valence-electron chi connectivity index (χ0n) is 15.9. The van der Waals surface area contributed by atoms with Gasteiger partial charge in [0.1, 0.15) is 0 Å². The fraction of sp³-hybridized carbons (Fsp3) is 0.261. The molecule has 1 heterocycles. The number of rotatable bonds is 0. The molecule has 3 aliphatic rings. The van der Waals surface area contributed by atoms with Crippen LogP contribution in [-0.4, -0.2) is 31.1 Å². The van der Waals surface area contributed by atoms with Crippen LogP contribution in [0.4, 0.5) is 0 Å². The van der Waals surface area contributed by atoms with E-state index >= 15 is 0 Å². The number of aliphatic imine (C=N–C) groups is 1. The van der Waals surface area contributed by atoms with Crippen molar-refractivity contribution in [2.45, 2.75) is 24.4 Å². The summed E-state index contributed by atoms with van der Waals surface area (Å²) in [7, 11) is 0. The van der Waals surface area contributed by atoms with Gasteiger partial charge >= 0.3 is 11.8 Å². The van der Waals surface area contributed by atoms with Gasteiger partial charge < -0.3 is 16.0 Å². The molecule has 0 spiro atoms. The summed E-state index contributed by atoms with van der Waals surface area (Å²) in [6.07, 6.45) is 4.75. The molecule has 6 heteroatoms. The van der Waals surface area contributed by atoms with E-state index in [2.05, 4.69) is 20.9 Å². The summed E-state index contributed by atoms with van der Waals surface area (Å²) in [4.78, 5) is 29.8. The van der Waals surface area contributed by atoms with Crippen LogP contribution < -0.4 is 16.0 Å². The number of nitrogens with zero attached hydrogens (tertiary/aromatic N) is 1. The molecule has 0 saturated carbocycles. The van der Waals surface area contributed by atoms with Crippen LogP contribution in [-0.2, 0) is 9.59 Å². The molecule has 0 bridgehead atoms. The molecule has 6 nitrogen and oxygen atoms in total. The Hall–Kier alpha value is -3.41. The Labute approximate surface area is 169 Å². The van der Waals surface area contributed by atoms with Crippen molar-refractivity contribution in [3.63, 3.8) is 0 Å². The Bertz CT molecular complexity index is 1040. The lowest BCUT2D eigenvalue weighted by Gasteiger charge is -2.38. The molecule has 3 unspecified atom stereocenters. The summed E-state index contributed by atoms with van der Waals surface area (Å²) in [6.45, 7) is 1.51. The van der Waals surface area contributed by atoms with E-state index in [9.17, 15) is 9.59 Å². The second kappa shape index (κ2) is 7.20. The normalized spacial score (nSPS) is 27.3. The third kappa shape index (κ3) is 3.01. The van der Waals surface area contributed by atoms with Gasteiger partial charge in [0.25, 0.3) is 0 Å². The molecule has 2 amide bonds. The second-order valence-electron chi connectivity index (χ2n) is 7.56. The minimum absolute atomic E-state index is 0.000785. The van der Waals surface area contributed by atoms with Crippen LogP contribution in [0.3, 0.4) is 0 Å². The molecule has 1 aliphatic heterocycles. The van der Waals surface area contributed by atoms with Crippen LogP contribution in [0.25, 0.3) is 5.57 Å². The van der Waals surface area contributed by atoms with Crippen LogP contribution in [0, 0.1) is 0 Å². The Morgan fingerprint density at radius 2 is 1.59 bits per heavy atom. The van der Waals surface area contributed by atoms with Gasteiger partial charge in [0.15, 0.2) is 0 Å². The van der Waals surface area contributed by atoms with Gasteiger partial charge in [0.05, 0.1) is 12.1 Å². The SMILES string of the molecule is O=C1NC2/C(=C\NCCCN=CC3c4ccccc4C3NC1=O)c1ccccc12. The average molecular weight is 386 g/mol. The van der Waals surface area contributed by atoms with Gasteiger partial charge in [0, 0.05) is 37.0 Å². The number of carbonyl (C=O) groups is 2. The zero-order valence-corrected chi connectivity index (χ0v) is 15.9. The summed E-state index contributed by atoms with van der Waals surface area (Å²) in [6, 6.07) is 15.4. The molecule has 2 aromatic carbocycles. The van der Waals surface area contributed by atoms with Gasteiger partial charge in [-0.3, -0.25) is 14.6 Å². The lowest BCUT2D eigenvalue weighted by Crippen LogP contribution is -2.48. The quantitative estimate of drug-likeness (QED) is 0.607. The molecule has 2 aromatic rings. The highest BCUT2D eigenvalue weighted by molar-refractivity contribution is 6.35. The Balaban J connectivity index is 1.42. The molecule has 29 heavy (non-hydrogen) atoms. The number of amides is 2. The third-order valence-electron chi connectivity index (χ3n) is 5.84. The number of benzene rings is 2. The molecular weight excluding hydrogens is 364 g/mol. The van der Waals surface area contributed by atoms with Crippen LogP contribution in [0.1, 0.15) is 46.7 Å². The third-order valence-corrected chi connectivity index (χ3v) is 5.84. The minimum atomic E-state index is -0.620. The molecule has 0 aromatic heterocycles. The van der Waals surface area contributed by atoms with Crippen molar-refractivity contribution in [1.29, 1.82) is 0 Å². The first-order valence-electron chi connectivity index (χ1n) is 9.97. The van der Waals surface area contributed by atoms with Gasteiger partial charge in [-0.05, 0) is 28.7 Å². The lowest BCUT2D eigenvalue weighted by atomic mass is 9.73. The van der Waals surface area contributed by atoms with Crippen molar-refractivity contribution in [3.8, 4) is 0 Å². The molecule has 0 radical (unpaired) electrons. The molecule has 5 rings (SSSR count). The van der Waals surface area contributed by atoms with Crippen molar-refractivity contribution in [3.05, 3.63) is 77.0 Å². The van der Waals surface area contributed by atoms with Gasteiger partial charge in [-0.1, -0.05) is 48.5 Å². The zero-order chi connectivity index (χ0) is 19.8. The maximum Gasteiger partial charge on any atom is 0.310 e. The summed E-state index contributed by atoms with van der Waals surface area (Å²) in [5.41, 5.74) is 5.32. The van der Waals surface area contributed by atoms with E-state index in [0.29, 0.717) is 6.54 Å². The summed E-state index contributed by atoms with van der Waals surface area (Å²) in [5.74, 6) is -1.24. The van der Waals surface area contributed by atoms with Gasteiger partial charge in [-0.25, -0.2) is 0 Å². The molecule has 2 aliphatic carbocycles. The number of fused-ring (bicyclic) bond motifs is 8. The summed E-state index contributed by atoms with van der Waals surface area (Å²) in [5, 5.41) is 9.10. The van der Waals surface area contributed by atoms with Crippen LogP contribution in [0.5, 0.6) is 0 Å². The van der Waals surface area contributed by atoms with E-state index in [1.165, 1.54) is 0 Å². The summed E-state index contributed by atoms with van der Waals surface area (Å²) >= 11 is 0. The number of carbonyl (C=O) groups excluding carboxylic acids is 2. The Morgan fingerprint density at radius 1 is 0.862 bits per heavy atom. The van der Waals surface area contributed by atoms with E-state index < -0.39 is 11.8 Å². The highest BCUT2D eigenvalue weighted by Gasteiger charge is 2.39. The fourth-order valence-electron chi connectivity index (χ4n) is 4.33. The highest BCUT2D eigenvalue weighted by Crippen LogP contribution is 2.44. The average Bonchev–Trinajstić information content (AvgIpc) is 2.74. The van der Waals surface area contributed by atoms with E-state index in [-0.39, 0.29) is 18.0 Å². The maximum absolute atomic E-state index is 12.6. The monoisotopic (exact) mass is 386 g/mol. The predicted molar refractivity (Wildman–Crippen MR) is 111 cm³/mol. The first-order valence-corrected chi connectivity index (χ1v) is 9.97. The molecule has 3 atom stereocenters. The molecule has 0 saturated heterocycles. The molecular formula is C23H22N4O2. The lowest BCUT2D eigenvalue weighted by molar-refractivity contribution is -0.140. The van der Waals surface area contributed by atoms with Crippen LogP contribution in [0.2, 0.25) is 0 Å². The first-order chi connectivity index (χ1) is 14.2. The van der Waals surface area contributed by atoms with E-state index in [1.807, 2.05) is 60.9 Å². The standard InChI is InChI=1S/C23H22N4O2/c28-22-23(29)27-21-17-9-4-2-7-15(17)19(21)13-25-11-5-10-24-12-18-14-6-1-3-8-16(14)20(18)26-22/h1-4,6-9,12-13,18,20-21,25H,5,10-11H2,(H,26,28)(H,27,29)/b19-13-,24-12?. The summed E-state index contributed by atoms with van der Waals surface area (Å²) < 4.78 is 0. The van der Waals surface area contributed by atoms with Gasteiger partial charge in [0.2, 0.25) is 0 Å². The largest absolute Gasteiger partial charge is 0.391 e. The predicted octanol–water partition coefficient (Wildman–Crippen LogP) is 2.22. The van der Waals surface area contributed by atoms with E-state index in [1.54, 1.807) is 0 Å². The van der Waals surface area contributed by atoms with E-state index in [4.69, 9.17) is 0 Å². The Morgan fingerprint density at radius 3 is 2.45 bits per heavy atom. The molecule has 3 N–H and O–H groups in total. The fourth-order valence-corrected chi connectivity index (χ4v) is 4.33. The smallest absolute Gasteiger partial charge is 0.310 e. The van der Waals surface area contributed by atoms with Crippen molar-refractivity contribution in [2.24, 2.45) is 4.99 Å². The maximum atomic E-state index is 12.6. The topological polar surface area (TPSA) is 82.6 Å². The number of nitrogens with one attached hydrogen (secondary N) is 3. The Kier molecular flexibility index (Phi) is 4.39. The minimum Gasteiger partial charge on any atom is -0.391 e. The second-order valence-corrected chi connectivity index (χ2v) is 7.56. The molecule has 0 fully saturated rings. The van der Waals surface area contributed by atoms with E-state index in [0.717, 1.165) is 40.8 Å². The van der Waals surface area contributed by atoms with Gasteiger partial charge in [-0.15, -0.1) is 0 Å². The van der Waals surface area contributed by atoms with Crippen LogP contribution in [0.15, 0.2) is 59.7 Å². The number of hydrogen-bond acceptors (Lipinski definition) is 4. The van der Waals surface area contributed by atoms with Gasteiger partial charge in [-0.2, -0.15) is 0 Å². The van der Waals surface area contributed by atoms with Crippen molar-refractivity contribution in [1.82, 2.24) is 16.0 Å². The first kappa shape index (κ1) is 17.7. The van der Waals surface area contributed by atoms with Crippen molar-refractivity contribution >= 4 is 23.6 Å². The number of hydrogen-bond donors (Lipinski definition) is 3. The van der Waals surface area contributed by atoms with Crippen molar-refractivity contribution < 1.29 is 9.59 Å².